The first-order valence-corrected chi connectivity index (χ1v) is 3.92. The summed E-state index contributed by atoms with van der Waals surface area (Å²) in [4.78, 5) is 0. The van der Waals surface area contributed by atoms with Crippen LogP contribution in [0.5, 0.6) is 5.75 Å². The second kappa shape index (κ2) is 4.27. The van der Waals surface area contributed by atoms with Crippen molar-refractivity contribution in [2.45, 2.75) is 6.18 Å². The highest BCUT2D eigenvalue weighted by Gasteiger charge is 2.42. The molecule has 1 rings (SSSR count). The number of halogens is 7. The Bertz CT molecular complexity index is 434. The molecule has 1 aromatic rings. The van der Waals surface area contributed by atoms with Crippen LogP contribution in [0.4, 0.5) is 30.7 Å². The molecule has 0 unspecified atom stereocenters. The molecule has 1 aromatic carbocycles. The second-order valence-corrected chi connectivity index (χ2v) is 2.74. The molecule has 17 heavy (non-hydrogen) atoms. The fourth-order valence-corrected chi connectivity index (χ4v) is 1.05. The summed E-state index contributed by atoms with van der Waals surface area (Å²) in [5.41, 5.74) is -2.65. The van der Waals surface area contributed by atoms with E-state index >= 15 is 0 Å². The van der Waals surface area contributed by atoms with E-state index in [0.29, 0.717) is 6.26 Å². The third kappa shape index (κ3) is 2.20. The normalized spacial score (nSPS) is 11.5. The molecule has 1 nitrogen and oxygen atoms in total. The van der Waals surface area contributed by atoms with E-state index < -0.39 is 40.8 Å². The van der Waals surface area contributed by atoms with E-state index in [1.165, 1.54) is 0 Å². The monoisotopic (exact) mass is 260 g/mol. The van der Waals surface area contributed by atoms with E-state index in [4.69, 9.17) is 0 Å². The van der Waals surface area contributed by atoms with Gasteiger partial charge >= 0.3 is 6.18 Å². The summed E-state index contributed by atoms with van der Waals surface area (Å²) in [7, 11) is 0. The molecule has 0 aromatic heterocycles. The van der Waals surface area contributed by atoms with Crippen LogP contribution in [0.1, 0.15) is 5.56 Å². The minimum atomic E-state index is -5.57. The Hall–Kier alpha value is -1.73. The SMILES string of the molecule is C=COc1c(F)c(F)c(C(F)(F)F)c(F)c1F. The van der Waals surface area contributed by atoms with E-state index in [-0.39, 0.29) is 0 Å². The van der Waals surface area contributed by atoms with Gasteiger partial charge in [-0.3, -0.25) is 0 Å². The van der Waals surface area contributed by atoms with Crippen LogP contribution in [0.15, 0.2) is 12.8 Å². The maximum atomic E-state index is 13.0. The lowest BCUT2D eigenvalue weighted by Crippen LogP contribution is -2.15. The van der Waals surface area contributed by atoms with Crippen molar-refractivity contribution in [1.82, 2.24) is 0 Å². The molecule has 8 heteroatoms. The smallest absolute Gasteiger partial charge is 0.422 e. The van der Waals surface area contributed by atoms with Crippen LogP contribution < -0.4 is 4.74 Å². The highest BCUT2D eigenvalue weighted by atomic mass is 19.4. The Labute approximate surface area is 90.1 Å². The van der Waals surface area contributed by atoms with Crippen molar-refractivity contribution in [1.29, 1.82) is 0 Å². The van der Waals surface area contributed by atoms with Crippen LogP contribution in [0.25, 0.3) is 0 Å². The van der Waals surface area contributed by atoms with Crippen molar-refractivity contribution in [2.24, 2.45) is 0 Å². The predicted molar refractivity (Wildman–Crippen MR) is 42.1 cm³/mol. The van der Waals surface area contributed by atoms with Crippen LogP contribution in [-0.2, 0) is 6.18 Å². The minimum absolute atomic E-state index is 0.410. The van der Waals surface area contributed by atoms with E-state index in [1.807, 2.05) is 0 Å². The van der Waals surface area contributed by atoms with Crippen molar-refractivity contribution in [3.8, 4) is 5.75 Å². The average Bonchev–Trinajstić information content (AvgIpc) is 2.20. The van der Waals surface area contributed by atoms with Crippen molar-refractivity contribution in [2.75, 3.05) is 0 Å². The molecule has 0 aliphatic rings. The molecule has 0 fully saturated rings. The third-order valence-electron chi connectivity index (χ3n) is 1.71. The molecule has 0 radical (unpaired) electrons. The summed E-state index contributed by atoms with van der Waals surface area (Å²) in [6.45, 7) is 2.85. The maximum Gasteiger partial charge on any atom is 0.422 e. The molecule has 0 aliphatic carbocycles. The van der Waals surface area contributed by atoms with E-state index in [2.05, 4.69) is 11.3 Å². The molecule has 0 heterocycles. The van der Waals surface area contributed by atoms with Gasteiger partial charge in [0.05, 0.1) is 6.26 Å². The van der Waals surface area contributed by atoms with Gasteiger partial charge in [-0.15, -0.1) is 0 Å². The summed E-state index contributed by atoms with van der Waals surface area (Å²) in [5, 5.41) is 0. The molecule has 0 saturated carbocycles. The number of hydrogen-bond acceptors (Lipinski definition) is 1. The van der Waals surface area contributed by atoms with E-state index in [9.17, 15) is 30.7 Å². The standard InChI is InChI=1S/C9H3F7O/c1-2-17-8-6(12)4(10)3(9(14,15)16)5(11)7(8)13/h2H,1H2. The zero-order valence-electron chi connectivity index (χ0n) is 7.84. The number of rotatable bonds is 2. The van der Waals surface area contributed by atoms with Crippen LogP contribution in [0.2, 0.25) is 0 Å². The Morgan fingerprint density at radius 1 is 0.882 bits per heavy atom. The number of ether oxygens (including phenoxy) is 1. The van der Waals surface area contributed by atoms with Crippen LogP contribution >= 0.6 is 0 Å². The molecule has 0 atom stereocenters. The van der Waals surface area contributed by atoms with Crippen LogP contribution in [-0.4, -0.2) is 0 Å². The molecule has 0 aliphatic heterocycles. The lowest BCUT2D eigenvalue weighted by Gasteiger charge is -2.12. The summed E-state index contributed by atoms with van der Waals surface area (Å²) in [6.07, 6.45) is -5.16. The second-order valence-electron chi connectivity index (χ2n) is 2.74. The van der Waals surface area contributed by atoms with Crippen molar-refractivity contribution in [3.63, 3.8) is 0 Å². The van der Waals surface area contributed by atoms with Crippen LogP contribution in [0.3, 0.4) is 0 Å². The fraction of sp³-hybridized carbons (Fsp3) is 0.111. The topological polar surface area (TPSA) is 9.23 Å². The maximum absolute atomic E-state index is 13.0. The van der Waals surface area contributed by atoms with Crippen LogP contribution in [0, 0.1) is 23.3 Å². The lowest BCUT2D eigenvalue weighted by atomic mass is 10.1. The average molecular weight is 260 g/mol. The first kappa shape index (κ1) is 13.3. The zero-order valence-corrected chi connectivity index (χ0v) is 7.84. The first-order chi connectivity index (χ1) is 7.71. The van der Waals surface area contributed by atoms with Crippen molar-refractivity contribution in [3.05, 3.63) is 41.7 Å². The van der Waals surface area contributed by atoms with Gasteiger partial charge in [0.25, 0.3) is 0 Å². The van der Waals surface area contributed by atoms with Gasteiger partial charge in [-0.2, -0.15) is 22.0 Å². The summed E-state index contributed by atoms with van der Waals surface area (Å²) in [5.74, 6) is -11.3. The van der Waals surface area contributed by atoms with Gasteiger partial charge in [0.1, 0.15) is 5.56 Å². The molecule has 0 spiro atoms. The summed E-state index contributed by atoms with van der Waals surface area (Å²) < 4.78 is 92.0. The fourth-order valence-electron chi connectivity index (χ4n) is 1.05. The quantitative estimate of drug-likeness (QED) is 0.446. The lowest BCUT2D eigenvalue weighted by molar-refractivity contribution is -0.143. The highest BCUT2D eigenvalue weighted by molar-refractivity contribution is 5.36. The molecule has 0 saturated heterocycles. The van der Waals surface area contributed by atoms with Gasteiger partial charge in [0.15, 0.2) is 11.6 Å². The molecular weight excluding hydrogens is 257 g/mol. The van der Waals surface area contributed by atoms with Gasteiger partial charge in [-0.1, -0.05) is 6.58 Å². The molecule has 94 valence electrons. The Balaban J connectivity index is 3.64. The van der Waals surface area contributed by atoms with Gasteiger partial charge in [-0.05, 0) is 0 Å². The van der Waals surface area contributed by atoms with Gasteiger partial charge in [0.2, 0.25) is 17.4 Å². The van der Waals surface area contributed by atoms with Crippen molar-refractivity contribution < 1.29 is 35.5 Å². The van der Waals surface area contributed by atoms with Gasteiger partial charge in [-0.25, -0.2) is 8.78 Å². The molecule has 0 bridgehead atoms. The Morgan fingerprint density at radius 2 is 1.29 bits per heavy atom. The highest BCUT2D eigenvalue weighted by Crippen LogP contribution is 2.39. The summed E-state index contributed by atoms with van der Waals surface area (Å²) in [6, 6.07) is 0. The third-order valence-corrected chi connectivity index (χ3v) is 1.71. The predicted octanol–water partition coefficient (Wildman–Crippen LogP) is 3.78. The largest absolute Gasteiger partial charge is 0.459 e. The molecular formula is C9H3F7O. The Kier molecular flexibility index (Phi) is 3.35. The van der Waals surface area contributed by atoms with E-state index in [0.717, 1.165) is 0 Å². The number of benzene rings is 1. The molecule has 0 N–H and O–H groups in total. The van der Waals surface area contributed by atoms with E-state index in [1.54, 1.807) is 0 Å². The number of alkyl halides is 3. The Morgan fingerprint density at radius 3 is 1.59 bits per heavy atom. The molecule has 0 amide bonds. The van der Waals surface area contributed by atoms with Gasteiger partial charge < -0.3 is 4.74 Å². The zero-order chi connectivity index (χ0) is 13.4. The number of hydrogen-bond donors (Lipinski definition) is 0. The minimum Gasteiger partial charge on any atom is -0.459 e. The van der Waals surface area contributed by atoms with Crippen molar-refractivity contribution >= 4 is 0 Å². The van der Waals surface area contributed by atoms with Gasteiger partial charge in [0, 0.05) is 0 Å². The first-order valence-electron chi connectivity index (χ1n) is 3.92. The summed E-state index contributed by atoms with van der Waals surface area (Å²) >= 11 is 0.